The van der Waals surface area contributed by atoms with Crippen LogP contribution in [0, 0.1) is 6.92 Å². The van der Waals surface area contributed by atoms with Gasteiger partial charge in [0.1, 0.15) is 10.8 Å². The van der Waals surface area contributed by atoms with Gasteiger partial charge in [0.15, 0.2) is 0 Å². The normalized spacial score (nSPS) is 19.6. The van der Waals surface area contributed by atoms with E-state index in [0.29, 0.717) is 11.0 Å². The summed E-state index contributed by atoms with van der Waals surface area (Å²) in [5.41, 5.74) is 7.53. The smallest absolute Gasteiger partial charge is 0.137 e. The van der Waals surface area contributed by atoms with Crippen molar-refractivity contribution in [3.05, 3.63) is 11.3 Å². The third-order valence-electron chi connectivity index (χ3n) is 3.23. The van der Waals surface area contributed by atoms with E-state index in [0.717, 1.165) is 36.7 Å². The molecule has 0 aromatic carbocycles. The molecule has 94 valence electrons. The first-order chi connectivity index (χ1) is 8.02. The predicted octanol–water partition coefficient (Wildman–Crippen LogP) is 0.588. The number of aryl methyl sites for hydroxylation is 2. The number of ether oxygens (including phenoxy) is 1. The molecule has 1 saturated heterocycles. The molecule has 17 heavy (non-hydrogen) atoms. The Morgan fingerprint density at radius 3 is 2.88 bits per heavy atom. The van der Waals surface area contributed by atoms with Crippen molar-refractivity contribution in [2.45, 2.75) is 19.4 Å². The van der Waals surface area contributed by atoms with Gasteiger partial charge in [-0.1, -0.05) is 12.2 Å². The maximum absolute atomic E-state index is 5.79. The fraction of sp³-hybridized carbons (Fsp3) is 0.636. The third kappa shape index (κ3) is 2.14. The summed E-state index contributed by atoms with van der Waals surface area (Å²) >= 11 is 5.11. The number of nitrogens with two attached hydrogens (primary N) is 1. The van der Waals surface area contributed by atoms with E-state index in [1.54, 1.807) is 0 Å². The molecule has 2 N–H and O–H groups in total. The minimum absolute atomic E-state index is 0.373. The molecule has 1 aliphatic heterocycles. The summed E-state index contributed by atoms with van der Waals surface area (Å²) in [5, 5.41) is 4.39. The Morgan fingerprint density at radius 2 is 2.35 bits per heavy atom. The molecule has 0 saturated carbocycles. The lowest BCUT2D eigenvalue weighted by Gasteiger charge is -2.26. The van der Waals surface area contributed by atoms with Crippen LogP contribution in [0.25, 0.3) is 0 Å². The lowest BCUT2D eigenvalue weighted by molar-refractivity contribution is 0.193. The van der Waals surface area contributed by atoms with E-state index in [2.05, 4.69) is 10.00 Å². The van der Waals surface area contributed by atoms with E-state index < -0.39 is 0 Å². The van der Waals surface area contributed by atoms with Crippen molar-refractivity contribution < 1.29 is 4.74 Å². The summed E-state index contributed by atoms with van der Waals surface area (Å²) in [4.78, 5) is 2.57. The minimum Gasteiger partial charge on any atom is -0.389 e. The fourth-order valence-corrected chi connectivity index (χ4v) is 2.58. The van der Waals surface area contributed by atoms with E-state index in [-0.39, 0.29) is 0 Å². The highest BCUT2D eigenvalue weighted by atomic mass is 32.1. The van der Waals surface area contributed by atoms with Crippen LogP contribution in [0.15, 0.2) is 0 Å². The van der Waals surface area contributed by atoms with Crippen molar-refractivity contribution in [2.75, 3.05) is 25.2 Å². The van der Waals surface area contributed by atoms with Gasteiger partial charge in [-0.05, 0) is 13.3 Å². The van der Waals surface area contributed by atoms with Crippen molar-refractivity contribution in [3.63, 3.8) is 0 Å². The Morgan fingerprint density at radius 1 is 1.65 bits per heavy atom. The van der Waals surface area contributed by atoms with Crippen LogP contribution in [-0.4, -0.2) is 41.1 Å². The van der Waals surface area contributed by atoms with E-state index >= 15 is 0 Å². The number of rotatable bonds is 3. The largest absolute Gasteiger partial charge is 0.389 e. The first kappa shape index (κ1) is 12.3. The molecule has 5 nitrogen and oxygen atoms in total. The first-order valence-corrected chi connectivity index (χ1v) is 6.07. The minimum atomic E-state index is 0.373. The lowest BCUT2D eigenvalue weighted by Crippen LogP contribution is -2.34. The van der Waals surface area contributed by atoms with Crippen molar-refractivity contribution >= 4 is 23.0 Å². The van der Waals surface area contributed by atoms with Gasteiger partial charge in [0.25, 0.3) is 0 Å². The molecular weight excluding hydrogens is 236 g/mol. The number of aromatic nitrogens is 2. The predicted molar refractivity (Wildman–Crippen MR) is 71.5 cm³/mol. The number of anilines is 1. The number of hydrogen-bond acceptors (Lipinski definition) is 4. The summed E-state index contributed by atoms with van der Waals surface area (Å²) in [6, 6.07) is 0.373. The molecule has 2 heterocycles. The molecule has 1 atom stereocenters. The van der Waals surface area contributed by atoms with Gasteiger partial charge in [0.2, 0.25) is 0 Å². The standard InChI is InChI=1S/C11H18N4OS/c1-7-9(10(12)17)11(15(3)13-7)14(2)8-4-5-16-6-8/h8H,4-6H2,1-3H3,(H2,12,17). The summed E-state index contributed by atoms with van der Waals surface area (Å²) in [6.45, 7) is 3.49. The van der Waals surface area contributed by atoms with Crippen LogP contribution in [0.1, 0.15) is 17.7 Å². The lowest BCUT2D eigenvalue weighted by atomic mass is 10.2. The second-order valence-corrected chi connectivity index (χ2v) is 4.84. The van der Waals surface area contributed by atoms with Gasteiger partial charge in [0.05, 0.1) is 23.9 Å². The van der Waals surface area contributed by atoms with Gasteiger partial charge in [-0.2, -0.15) is 5.10 Å². The van der Waals surface area contributed by atoms with Crippen LogP contribution in [0.3, 0.4) is 0 Å². The van der Waals surface area contributed by atoms with Gasteiger partial charge in [-0.25, -0.2) is 0 Å². The Labute approximate surface area is 107 Å². The number of nitrogens with zero attached hydrogens (tertiary/aromatic N) is 3. The SMILES string of the molecule is Cc1nn(C)c(N(C)C2CCOC2)c1C(N)=S. The number of hydrogen-bond donors (Lipinski definition) is 1. The topological polar surface area (TPSA) is 56.3 Å². The molecule has 0 radical (unpaired) electrons. The van der Waals surface area contributed by atoms with Gasteiger partial charge in [0, 0.05) is 20.7 Å². The van der Waals surface area contributed by atoms with Crippen LogP contribution in [0.4, 0.5) is 5.82 Å². The van der Waals surface area contributed by atoms with Crippen LogP contribution >= 0.6 is 12.2 Å². The average molecular weight is 254 g/mol. The maximum atomic E-state index is 5.79. The molecular formula is C11H18N4OS. The highest BCUT2D eigenvalue weighted by Gasteiger charge is 2.26. The first-order valence-electron chi connectivity index (χ1n) is 5.66. The average Bonchev–Trinajstić information content (AvgIpc) is 2.84. The second-order valence-electron chi connectivity index (χ2n) is 4.40. The number of thiocarbonyl (C=S) groups is 1. The van der Waals surface area contributed by atoms with E-state index in [1.165, 1.54) is 0 Å². The van der Waals surface area contributed by atoms with Gasteiger partial charge in [-0.3, -0.25) is 4.68 Å². The zero-order valence-corrected chi connectivity index (χ0v) is 11.3. The summed E-state index contributed by atoms with van der Waals surface area (Å²) < 4.78 is 7.25. The quantitative estimate of drug-likeness (QED) is 0.800. The summed E-state index contributed by atoms with van der Waals surface area (Å²) in [5.74, 6) is 0.977. The van der Waals surface area contributed by atoms with Crippen LogP contribution in [0.2, 0.25) is 0 Å². The molecule has 1 fully saturated rings. The highest BCUT2D eigenvalue weighted by Crippen LogP contribution is 2.26. The second kappa shape index (κ2) is 4.62. The molecule has 1 unspecified atom stereocenters. The van der Waals surface area contributed by atoms with E-state index in [9.17, 15) is 0 Å². The van der Waals surface area contributed by atoms with Crippen molar-refractivity contribution in [1.82, 2.24) is 9.78 Å². The zero-order valence-electron chi connectivity index (χ0n) is 10.4. The fourth-order valence-electron chi connectivity index (χ4n) is 2.34. The number of likely N-dealkylation sites (N-methyl/N-ethyl adjacent to an activating group) is 1. The van der Waals surface area contributed by atoms with Gasteiger partial charge < -0.3 is 15.4 Å². The van der Waals surface area contributed by atoms with Crippen LogP contribution in [0.5, 0.6) is 0 Å². The molecule has 0 aliphatic carbocycles. The van der Waals surface area contributed by atoms with Gasteiger partial charge in [-0.15, -0.1) is 0 Å². The zero-order chi connectivity index (χ0) is 12.6. The Balaban J connectivity index is 2.39. The van der Waals surface area contributed by atoms with E-state index in [1.807, 2.05) is 25.7 Å². The molecule has 2 rings (SSSR count). The molecule has 1 aliphatic rings. The Kier molecular flexibility index (Phi) is 3.35. The van der Waals surface area contributed by atoms with Crippen LogP contribution < -0.4 is 10.6 Å². The molecule has 0 bridgehead atoms. The molecule has 0 amide bonds. The van der Waals surface area contributed by atoms with E-state index in [4.69, 9.17) is 22.7 Å². The molecule has 6 heteroatoms. The molecule has 0 spiro atoms. The third-order valence-corrected chi connectivity index (χ3v) is 3.43. The van der Waals surface area contributed by atoms with Crippen LogP contribution in [-0.2, 0) is 11.8 Å². The molecule has 1 aromatic heterocycles. The monoisotopic (exact) mass is 254 g/mol. The Hall–Kier alpha value is -1.14. The van der Waals surface area contributed by atoms with Crippen molar-refractivity contribution in [2.24, 2.45) is 12.8 Å². The van der Waals surface area contributed by atoms with Crippen molar-refractivity contribution in [3.8, 4) is 0 Å². The summed E-state index contributed by atoms with van der Waals surface area (Å²) in [7, 11) is 3.95. The maximum Gasteiger partial charge on any atom is 0.137 e. The highest BCUT2D eigenvalue weighted by molar-refractivity contribution is 7.80. The Bertz CT molecular complexity index is 437. The van der Waals surface area contributed by atoms with Gasteiger partial charge >= 0.3 is 0 Å². The summed E-state index contributed by atoms with van der Waals surface area (Å²) in [6.07, 6.45) is 1.03. The molecule has 1 aromatic rings. The van der Waals surface area contributed by atoms with Crippen molar-refractivity contribution in [1.29, 1.82) is 0 Å².